The number of phenolic OH excluding ortho intramolecular Hbond substituents is 1. The number of aliphatic hydroxyl groups excluding tert-OH is 1. The highest BCUT2D eigenvalue weighted by molar-refractivity contribution is 5.77. The predicted molar refractivity (Wildman–Crippen MR) is 99.1 cm³/mol. The Morgan fingerprint density at radius 1 is 1.23 bits per heavy atom. The number of rotatable bonds is 6. The zero-order valence-electron chi connectivity index (χ0n) is 15.6. The van der Waals surface area contributed by atoms with E-state index in [0.29, 0.717) is 19.4 Å². The third kappa shape index (κ3) is 4.30. The molecular weight excluding hydrogens is 332 g/mol. The molecule has 2 heterocycles. The fourth-order valence-electron chi connectivity index (χ4n) is 4.29. The van der Waals surface area contributed by atoms with E-state index in [1.165, 1.54) is 0 Å². The molecule has 0 aliphatic carbocycles. The van der Waals surface area contributed by atoms with Gasteiger partial charge in [-0.2, -0.15) is 0 Å². The van der Waals surface area contributed by atoms with Crippen molar-refractivity contribution in [2.75, 3.05) is 39.9 Å². The van der Waals surface area contributed by atoms with Gasteiger partial charge >= 0.3 is 0 Å². The quantitative estimate of drug-likeness (QED) is 0.810. The Morgan fingerprint density at radius 3 is 2.69 bits per heavy atom. The molecule has 2 fully saturated rings. The zero-order chi connectivity index (χ0) is 18.6. The summed E-state index contributed by atoms with van der Waals surface area (Å²) >= 11 is 0. The van der Waals surface area contributed by atoms with E-state index in [1.807, 2.05) is 11.0 Å². The van der Waals surface area contributed by atoms with Crippen molar-refractivity contribution in [1.29, 1.82) is 0 Å². The van der Waals surface area contributed by atoms with Crippen LogP contribution in [0.2, 0.25) is 0 Å². The Hall–Kier alpha value is -1.79. The molecule has 1 aromatic rings. The SMILES string of the molecule is COc1ccc(O)cc1CN1CCC2(CCC(=O)N(CCCO)C2)CC1. The number of nitrogens with zero attached hydrogens (tertiary/aromatic N) is 2. The summed E-state index contributed by atoms with van der Waals surface area (Å²) in [5, 5.41) is 18.8. The largest absolute Gasteiger partial charge is 0.508 e. The first kappa shape index (κ1) is 19.0. The predicted octanol–water partition coefficient (Wildman–Crippen LogP) is 1.99. The maximum atomic E-state index is 12.1. The molecule has 2 aliphatic rings. The molecule has 3 rings (SSSR count). The van der Waals surface area contributed by atoms with Gasteiger partial charge in [-0.3, -0.25) is 9.69 Å². The number of benzene rings is 1. The van der Waals surface area contributed by atoms with Crippen LogP contribution in [-0.2, 0) is 11.3 Å². The van der Waals surface area contributed by atoms with Crippen molar-refractivity contribution in [2.24, 2.45) is 5.41 Å². The van der Waals surface area contributed by atoms with Crippen LogP contribution in [0.4, 0.5) is 0 Å². The van der Waals surface area contributed by atoms with E-state index in [4.69, 9.17) is 9.84 Å². The van der Waals surface area contributed by atoms with Crippen LogP contribution in [0.5, 0.6) is 11.5 Å². The first-order valence-electron chi connectivity index (χ1n) is 9.52. The minimum atomic E-state index is 0.135. The lowest BCUT2D eigenvalue weighted by Crippen LogP contribution is -2.51. The number of phenols is 1. The minimum Gasteiger partial charge on any atom is -0.508 e. The van der Waals surface area contributed by atoms with Crippen LogP contribution < -0.4 is 4.74 Å². The van der Waals surface area contributed by atoms with Crippen molar-refractivity contribution >= 4 is 5.91 Å². The zero-order valence-corrected chi connectivity index (χ0v) is 15.6. The third-order valence-corrected chi connectivity index (χ3v) is 5.91. The molecule has 0 unspecified atom stereocenters. The molecular formula is C20H30N2O4. The van der Waals surface area contributed by atoms with Crippen LogP contribution in [0.1, 0.15) is 37.7 Å². The average Bonchev–Trinajstić information content (AvgIpc) is 2.65. The van der Waals surface area contributed by atoms with Crippen LogP contribution in [0, 0.1) is 5.41 Å². The smallest absolute Gasteiger partial charge is 0.222 e. The lowest BCUT2D eigenvalue weighted by atomic mass is 9.72. The van der Waals surface area contributed by atoms with Crippen molar-refractivity contribution in [2.45, 2.75) is 38.6 Å². The molecule has 0 saturated carbocycles. The Morgan fingerprint density at radius 2 is 2.00 bits per heavy atom. The van der Waals surface area contributed by atoms with Crippen molar-refractivity contribution < 1.29 is 19.7 Å². The summed E-state index contributed by atoms with van der Waals surface area (Å²) in [6.07, 6.45) is 4.43. The van der Waals surface area contributed by atoms with Gasteiger partial charge < -0.3 is 19.8 Å². The van der Waals surface area contributed by atoms with Gasteiger partial charge in [-0.25, -0.2) is 0 Å². The number of carbonyl (C=O) groups excluding carboxylic acids is 1. The van der Waals surface area contributed by atoms with Crippen LogP contribution >= 0.6 is 0 Å². The summed E-state index contributed by atoms with van der Waals surface area (Å²) in [4.78, 5) is 16.5. The van der Waals surface area contributed by atoms with E-state index in [2.05, 4.69) is 4.90 Å². The number of aliphatic hydroxyl groups is 1. The van der Waals surface area contributed by atoms with Gasteiger partial charge in [0.05, 0.1) is 7.11 Å². The molecule has 0 radical (unpaired) electrons. The molecule has 1 spiro atoms. The van der Waals surface area contributed by atoms with Crippen LogP contribution in [0.15, 0.2) is 18.2 Å². The molecule has 1 amide bonds. The molecule has 1 aromatic carbocycles. The number of ether oxygens (including phenoxy) is 1. The number of hydrogen-bond acceptors (Lipinski definition) is 5. The lowest BCUT2D eigenvalue weighted by molar-refractivity contribution is -0.139. The number of hydrogen-bond donors (Lipinski definition) is 2. The molecule has 144 valence electrons. The van der Waals surface area contributed by atoms with Gasteiger partial charge in [0.15, 0.2) is 0 Å². The van der Waals surface area contributed by atoms with Crippen LogP contribution in [0.3, 0.4) is 0 Å². The molecule has 0 bridgehead atoms. The Balaban J connectivity index is 1.59. The van der Waals surface area contributed by atoms with Gasteiger partial charge in [-0.1, -0.05) is 0 Å². The monoisotopic (exact) mass is 362 g/mol. The number of likely N-dealkylation sites (tertiary alicyclic amines) is 2. The topological polar surface area (TPSA) is 73.2 Å². The molecule has 2 N–H and O–H groups in total. The van der Waals surface area contributed by atoms with Crippen molar-refractivity contribution in [3.8, 4) is 11.5 Å². The van der Waals surface area contributed by atoms with E-state index in [1.54, 1.807) is 19.2 Å². The Kier molecular flexibility index (Phi) is 6.04. The summed E-state index contributed by atoms with van der Waals surface area (Å²) < 4.78 is 5.41. The highest BCUT2D eigenvalue weighted by atomic mass is 16.5. The molecule has 0 atom stereocenters. The van der Waals surface area contributed by atoms with E-state index >= 15 is 0 Å². The van der Waals surface area contributed by atoms with E-state index in [9.17, 15) is 9.90 Å². The number of piperidine rings is 2. The second kappa shape index (κ2) is 8.27. The summed E-state index contributed by atoms with van der Waals surface area (Å²) in [7, 11) is 1.65. The second-order valence-corrected chi connectivity index (χ2v) is 7.66. The van der Waals surface area contributed by atoms with E-state index in [0.717, 1.165) is 56.8 Å². The summed E-state index contributed by atoms with van der Waals surface area (Å²) in [6, 6.07) is 5.23. The van der Waals surface area contributed by atoms with Crippen molar-refractivity contribution in [3.05, 3.63) is 23.8 Å². The number of amides is 1. The second-order valence-electron chi connectivity index (χ2n) is 7.66. The van der Waals surface area contributed by atoms with Gasteiger partial charge in [0.1, 0.15) is 11.5 Å². The highest BCUT2D eigenvalue weighted by Gasteiger charge is 2.40. The third-order valence-electron chi connectivity index (χ3n) is 5.91. The molecule has 6 heteroatoms. The molecule has 2 aliphatic heterocycles. The highest BCUT2D eigenvalue weighted by Crippen LogP contribution is 2.40. The fraction of sp³-hybridized carbons (Fsp3) is 0.650. The van der Waals surface area contributed by atoms with Gasteiger partial charge in [0, 0.05) is 38.2 Å². The van der Waals surface area contributed by atoms with Gasteiger partial charge in [0.2, 0.25) is 5.91 Å². The van der Waals surface area contributed by atoms with Gasteiger partial charge in [0.25, 0.3) is 0 Å². The number of methoxy groups -OCH3 is 1. The standard InChI is InChI=1S/C20H30N2O4/c1-26-18-4-3-17(24)13-16(18)14-21-10-7-20(8-11-21)6-5-19(25)22(15-20)9-2-12-23/h3-4,13,23-24H,2,5-12,14-15H2,1H3. The van der Waals surface area contributed by atoms with Crippen molar-refractivity contribution in [3.63, 3.8) is 0 Å². The summed E-state index contributed by atoms with van der Waals surface area (Å²) in [5.74, 6) is 1.30. The Bertz CT molecular complexity index is 626. The maximum absolute atomic E-state index is 12.1. The van der Waals surface area contributed by atoms with Crippen molar-refractivity contribution in [1.82, 2.24) is 9.80 Å². The van der Waals surface area contributed by atoms with Gasteiger partial charge in [-0.15, -0.1) is 0 Å². The normalized spacial score (nSPS) is 20.5. The van der Waals surface area contributed by atoms with E-state index < -0.39 is 0 Å². The van der Waals surface area contributed by atoms with Crippen LogP contribution in [0.25, 0.3) is 0 Å². The summed E-state index contributed by atoms with van der Waals surface area (Å²) in [6.45, 7) is 4.37. The number of carbonyl (C=O) groups is 1. The first-order valence-corrected chi connectivity index (χ1v) is 9.52. The van der Waals surface area contributed by atoms with E-state index in [-0.39, 0.29) is 23.7 Å². The van der Waals surface area contributed by atoms with Crippen LogP contribution in [-0.4, -0.2) is 65.8 Å². The lowest BCUT2D eigenvalue weighted by Gasteiger charge is -2.47. The molecule has 0 aromatic heterocycles. The van der Waals surface area contributed by atoms with Gasteiger partial charge in [-0.05, 0) is 62.4 Å². The fourth-order valence-corrected chi connectivity index (χ4v) is 4.29. The maximum Gasteiger partial charge on any atom is 0.222 e. The average molecular weight is 362 g/mol. The Labute approximate surface area is 155 Å². The molecule has 26 heavy (non-hydrogen) atoms. The molecule has 2 saturated heterocycles. The minimum absolute atomic E-state index is 0.135. The first-order chi connectivity index (χ1) is 12.5. The number of aromatic hydroxyl groups is 1. The summed E-state index contributed by atoms with van der Waals surface area (Å²) in [5.41, 5.74) is 1.23. The molecule has 6 nitrogen and oxygen atoms in total.